The third-order valence-electron chi connectivity index (χ3n) is 4.11. The van der Waals surface area contributed by atoms with E-state index in [2.05, 4.69) is 4.72 Å². The molecule has 1 aliphatic carbocycles. The summed E-state index contributed by atoms with van der Waals surface area (Å²) in [5.41, 5.74) is 5.16. The Labute approximate surface area is 119 Å². The molecule has 7 heteroatoms. The SMILES string of the molecule is CN(C)C1(CNS(=O)(=O)c2ccc(N)c(F)c2)CCC1. The summed E-state index contributed by atoms with van der Waals surface area (Å²) in [7, 11) is 0.167. The van der Waals surface area contributed by atoms with Crippen molar-refractivity contribution in [2.45, 2.75) is 29.7 Å². The van der Waals surface area contributed by atoms with Gasteiger partial charge < -0.3 is 10.6 Å². The molecule has 1 fully saturated rings. The molecule has 0 spiro atoms. The summed E-state index contributed by atoms with van der Waals surface area (Å²) in [5.74, 6) is -0.723. The monoisotopic (exact) mass is 301 g/mol. The molecule has 1 aromatic carbocycles. The number of likely N-dealkylation sites (N-methyl/N-ethyl adjacent to an activating group) is 1. The van der Waals surface area contributed by atoms with Crippen LogP contribution in [0.2, 0.25) is 0 Å². The lowest BCUT2D eigenvalue weighted by Crippen LogP contribution is -2.57. The molecule has 0 atom stereocenters. The molecule has 0 saturated heterocycles. The second-order valence-corrected chi connectivity index (χ2v) is 7.25. The van der Waals surface area contributed by atoms with Crippen LogP contribution in [0.1, 0.15) is 19.3 Å². The molecule has 5 nitrogen and oxygen atoms in total. The van der Waals surface area contributed by atoms with Gasteiger partial charge in [0.1, 0.15) is 5.82 Å². The number of nitrogens with one attached hydrogen (secondary N) is 1. The maximum Gasteiger partial charge on any atom is 0.240 e. The minimum Gasteiger partial charge on any atom is -0.396 e. The van der Waals surface area contributed by atoms with Gasteiger partial charge in [-0.1, -0.05) is 0 Å². The fourth-order valence-corrected chi connectivity index (χ4v) is 3.49. The van der Waals surface area contributed by atoms with Gasteiger partial charge in [0.05, 0.1) is 10.6 Å². The molecule has 112 valence electrons. The second kappa shape index (κ2) is 5.31. The number of nitrogens with two attached hydrogens (primary N) is 1. The molecule has 0 unspecified atom stereocenters. The summed E-state index contributed by atoms with van der Waals surface area (Å²) < 4.78 is 40.3. The zero-order valence-corrected chi connectivity index (χ0v) is 12.5. The minimum absolute atomic E-state index is 0.0623. The van der Waals surface area contributed by atoms with Gasteiger partial charge in [-0.15, -0.1) is 0 Å². The fraction of sp³-hybridized carbons (Fsp3) is 0.538. The maximum atomic E-state index is 13.4. The highest BCUT2D eigenvalue weighted by Gasteiger charge is 2.39. The molecule has 1 aliphatic rings. The molecule has 0 heterocycles. The summed E-state index contributed by atoms with van der Waals surface area (Å²) >= 11 is 0. The molecule has 0 aromatic heterocycles. The first-order valence-corrected chi connectivity index (χ1v) is 7.97. The third-order valence-corrected chi connectivity index (χ3v) is 5.51. The van der Waals surface area contributed by atoms with Gasteiger partial charge in [0.15, 0.2) is 0 Å². The zero-order valence-electron chi connectivity index (χ0n) is 11.7. The Morgan fingerprint density at radius 2 is 2.05 bits per heavy atom. The standard InChI is InChI=1S/C13H20FN3O2S/c1-17(2)13(6-3-7-13)9-16-20(18,19)10-4-5-12(15)11(14)8-10/h4-5,8,16H,3,6-7,9,15H2,1-2H3. The Balaban J connectivity index is 2.13. The number of sulfonamides is 1. The van der Waals surface area contributed by atoms with Gasteiger partial charge in [-0.05, 0) is 51.6 Å². The van der Waals surface area contributed by atoms with Crippen LogP contribution in [0, 0.1) is 5.82 Å². The molecule has 2 rings (SSSR count). The summed E-state index contributed by atoms with van der Waals surface area (Å²) in [4.78, 5) is 1.94. The van der Waals surface area contributed by atoms with Crippen molar-refractivity contribution in [1.29, 1.82) is 0 Å². The smallest absolute Gasteiger partial charge is 0.240 e. The van der Waals surface area contributed by atoms with Gasteiger partial charge in [-0.3, -0.25) is 0 Å². The lowest BCUT2D eigenvalue weighted by molar-refractivity contribution is 0.0657. The largest absolute Gasteiger partial charge is 0.396 e. The van der Waals surface area contributed by atoms with E-state index in [1.807, 2.05) is 19.0 Å². The molecule has 0 radical (unpaired) electrons. The van der Waals surface area contributed by atoms with Crippen LogP contribution >= 0.6 is 0 Å². The summed E-state index contributed by atoms with van der Waals surface area (Å²) in [6.45, 7) is 0.328. The van der Waals surface area contributed by atoms with Gasteiger partial charge in [0.25, 0.3) is 0 Å². The molecule has 0 aliphatic heterocycles. The Morgan fingerprint density at radius 1 is 1.40 bits per heavy atom. The van der Waals surface area contributed by atoms with Crippen LogP contribution in [0.15, 0.2) is 23.1 Å². The van der Waals surface area contributed by atoms with E-state index in [1.54, 1.807) is 0 Å². The lowest BCUT2D eigenvalue weighted by atomic mass is 9.76. The summed E-state index contributed by atoms with van der Waals surface area (Å²) in [6, 6.07) is 3.51. The number of hydrogen-bond donors (Lipinski definition) is 2. The maximum absolute atomic E-state index is 13.4. The average molecular weight is 301 g/mol. The Kier molecular flexibility index (Phi) is 4.04. The van der Waals surface area contributed by atoms with Crippen LogP contribution in [-0.4, -0.2) is 39.5 Å². The van der Waals surface area contributed by atoms with Crippen LogP contribution in [0.3, 0.4) is 0 Å². The molecule has 1 saturated carbocycles. The number of benzene rings is 1. The van der Waals surface area contributed by atoms with Gasteiger partial charge in [-0.2, -0.15) is 0 Å². The molecule has 20 heavy (non-hydrogen) atoms. The predicted molar refractivity (Wildman–Crippen MR) is 76.3 cm³/mol. The predicted octanol–water partition coefficient (Wildman–Crippen LogP) is 1.17. The van der Waals surface area contributed by atoms with E-state index in [-0.39, 0.29) is 16.1 Å². The lowest BCUT2D eigenvalue weighted by Gasteiger charge is -2.47. The molecule has 1 aromatic rings. The van der Waals surface area contributed by atoms with Crippen LogP contribution < -0.4 is 10.5 Å². The molecule has 3 N–H and O–H groups in total. The Bertz CT molecular complexity index is 598. The number of hydrogen-bond acceptors (Lipinski definition) is 4. The Hall–Kier alpha value is -1.18. The number of halogens is 1. The van der Waals surface area contributed by atoms with E-state index in [1.165, 1.54) is 12.1 Å². The summed E-state index contributed by atoms with van der Waals surface area (Å²) in [5, 5.41) is 0. The number of nitrogens with zero attached hydrogens (tertiary/aromatic N) is 1. The third kappa shape index (κ3) is 2.79. The quantitative estimate of drug-likeness (QED) is 0.801. The minimum atomic E-state index is -3.71. The number of rotatable bonds is 5. The molecular formula is C13H20FN3O2S. The van der Waals surface area contributed by atoms with Crippen molar-refractivity contribution in [3.63, 3.8) is 0 Å². The zero-order chi connectivity index (χ0) is 15.0. The van der Waals surface area contributed by atoms with E-state index >= 15 is 0 Å². The highest BCUT2D eigenvalue weighted by molar-refractivity contribution is 7.89. The van der Waals surface area contributed by atoms with Gasteiger partial charge in [0, 0.05) is 12.1 Å². The van der Waals surface area contributed by atoms with Crippen LogP contribution in [0.5, 0.6) is 0 Å². The van der Waals surface area contributed by atoms with E-state index in [0.717, 1.165) is 25.3 Å². The van der Waals surface area contributed by atoms with Gasteiger partial charge >= 0.3 is 0 Å². The van der Waals surface area contributed by atoms with Crippen molar-refractivity contribution in [1.82, 2.24) is 9.62 Å². The first kappa shape index (κ1) is 15.2. The molecule has 0 bridgehead atoms. The van der Waals surface area contributed by atoms with Crippen molar-refractivity contribution in [2.75, 3.05) is 26.4 Å². The highest BCUT2D eigenvalue weighted by atomic mass is 32.2. The highest BCUT2D eigenvalue weighted by Crippen LogP contribution is 2.35. The first-order chi connectivity index (χ1) is 9.27. The van der Waals surface area contributed by atoms with E-state index in [0.29, 0.717) is 6.54 Å². The van der Waals surface area contributed by atoms with Crippen molar-refractivity contribution < 1.29 is 12.8 Å². The second-order valence-electron chi connectivity index (χ2n) is 5.48. The molecule has 0 amide bonds. The van der Waals surface area contributed by atoms with Gasteiger partial charge in [-0.25, -0.2) is 17.5 Å². The normalized spacial score (nSPS) is 18.0. The fourth-order valence-electron chi connectivity index (χ4n) is 2.35. The molecular weight excluding hydrogens is 281 g/mol. The van der Waals surface area contributed by atoms with Crippen molar-refractivity contribution in [3.8, 4) is 0 Å². The van der Waals surface area contributed by atoms with Crippen LogP contribution in [-0.2, 0) is 10.0 Å². The van der Waals surface area contributed by atoms with E-state index in [9.17, 15) is 12.8 Å². The summed E-state index contributed by atoms with van der Waals surface area (Å²) in [6.07, 6.45) is 3.01. The van der Waals surface area contributed by atoms with E-state index < -0.39 is 15.8 Å². The topological polar surface area (TPSA) is 75.4 Å². The number of nitrogen functional groups attached to an aromatic ring is 1. The van der Waals surface area contributed by atoms with Crippen molar-refractivity contribution >= 4 is 15.7 Å². The first-order valence-electron chi connectivity index (χ1n) is 6.49. The van der Waals surface area contributed by atoms with Gasteiger partial charge in [0.2, 0.25) is 10.0 Å². The Morgan fingerprint density at radius 3 is 2.50 bits per heavy atom. The van der Waals surface area contributed by atoms with Crippen molar-refractivity contribution in [3.05, 3.63) is 24.0 Å². The van der Waals surface area contributed by atoms with Crippen molar-refractivity contribution in [2.24, 2.45) is 0 Å². The van der Waals surface area contributed by atoms with Crippen LogP contribution in [0.4, 0.5) is 10.1 Å². The van der Waals surface area contributed by atoms with E-state index in [4.69, 9.17) is 5.73 Å². The van der Waals surface area contributed by atoms with Crippen LogP contribution in [0.25, 0.3) is 0 Å². The average Bonchev–Trinajstić information content (AvgIpc) is 2.30. The number of anilines is 1.